The molecule has 1 saturated heterocycles. The highest BCUT2D eigenvalue weighted by molar-refractivity contribution is 7.17. The average Bonchev–Trinajstić information content (AvgIpc) is 3.35. The predicted molar refractivity (Wildman–Crippen MR) is 104 cm³/mol. The van der Waals surface area contributed by atoms with Gasteiger partial charge in [-0.05, 0) is 68.0 Å². The summed E-state index contributed by atoms with van der Waals surface area (Å²) >= 11 is 7.52. The van der Waals surface area contributed by atoms with Crippen LogP contribution >= 0.6 is 22.9 Å². The molecule has 0 spiro atoms. The first-order chi connectivity index (χ1) is 12.2. The lowest BCUT2D eigenvalue weighted by Crippen LogP contribution is -2.45. The van der Waals surface area contributed by atoms with E-state index in [-0.39, 0.29) is 5.91 Å². The zero-order chi connectivity index (χ0) is 17.2. The number of hydrogen-bond acceptors (Lipinski definition) is 3. The van der Waals surface area contributed by atoms with Crippen LogP contribution in [-0.4, -0.2) is 36.5 Å². The Morgan fingerprint density at radius 3 is 2.48 bits per heavy atom. The summed E-state index contributed by atoms with van der Waals surface area (Å²) in [6.07, 6.45) is 4.90. The van der Waals surface area contributed by atoms with E-state index in [1.165, 1.54) is 12.8 Å². The van der Waals surface area contributed by atoms with Gasteiger partial charge in [0.05, 0.1) is 4.88 Å². The molecule has 1 aliphatic carbocycles. The van der Waals surface area contributed by atoms with Gasteiger partial charge in [0, 0.05) is 29.0 Å². The number of likely N-dealkylation sites (tertiary alicyclic amines) is 1. The molecular formula is C20H23ClN2OS. The van der Waals surface area contributed by atoms with E-state index in [2.05, 4.69) is 5.32 Å². The summed E-state index contributed by atoms with van der Waals surface area (Å²) in [7, 11) is 0. The second-order valence-corrected chi connectivity index (χ2v) is 8.61. The molecule has 0 atom stereocenters. The zero-order valence-electron chi connectivity index (χ0n) is 14.2. The van der Waals surface area contributed by atoms with E-state index in [4.69, 9.17) is 11.6 Å². The number of piperidine rings is 1. The van der Waals surface area contributed by atoms with E-state index in [0.29, 0.717) is 6.04 Å². The molecule has 2 aromatic rings. The Balaban J connectivity index is 1.34. The van der Waals surface area contributed by atoms with Crippen LogP contribution in [0.1, 0.15) is 35.4 Å². The minimum Gasteiger partial charge on any atom is -0.338 e. The SMILES string of the molecule is O=C(c1ccc(-c2ccc(Cl)cc2)s1)N1CCC(NCC2CC2)CC1. The highest BCUT2D eigenvalue weighted by atomic mass is 35.5. The number of rotatable bonds is 5. The van der Waals surface area contributed by atoms with Gasteiger partial charge in [0.1, 0.15) is 0 Å². The van der Waals surface area contributed by atoms with Gasteiger partial charge in [0.2, 0.25) is 0 Å². The molecular weight excluding hydrogens is 352 g/mol. The van der Waals surface area contributed by atoms with E-state index >= 15 is 0 Å². The fourth-order valence-corrected chi connectivity index (χ4v) is 4.43. The van der Waals surface area contributed by atoms with Crippen LogP contribution in [0.25, 0.3) is 10.4 Å². The van der Waals surface area contributed by atoms with Crippen molar-refractivity contribution >= 4 is 28.8 Å². The zero-order valence-corrected chi connectivity index (χ0v) is 15.8. The monoisotopic (exact) mass is 374 g/mol. The molecule has 1 aliphatic heterocycles. The Morgan fingerprint density at radius 1 is 1.08 bits per heavy atom. The Morgan fingerprint density at radius 2 is 1.80 bits per heavy atom. The van der Waals surface area contributed by atoms with Crippen LogP contribution < -0.4 is 5.32 Å². The van der Waals surface area contributed by atoms with Gasteiger partial charge in [-0.1, -0.05) is 23.7 Å². The number of benzene rings is 1. The van der Waals surface area contributed by atoms with E-state index in [1.807, 2.05) is 41.3 Å². The lowest BCUT2D eigenvalue weighted by Gasteiger charge is -2.32. The Labute approximate surface area is 158 Å². The van der Waals surface area contributed by atoms with Crippen LogP contribution in [0.5, 0.6) is 0 Å². The molecule has 2 heterocycles. The minimum absolute atomic E-state index is 0.172. The topological polar surface area (TPSA) is 32.3 Å². The maximum Gasteiger partial charge on any atom is 0.263 e. The summed E-state index contributed by atoms with van der Waals surface area (Å²) in [5.41, 5.74) is 1.11. The summed E-state index contributed by atoms with van der Waals surface area (Å²) in [6, 6.07) is 12.3. The van der Waals surface area contributed by atoms with Crippen molar-refractivity contribution in [3.8, 4) is 10.4 Å². The van der Waals surface area contributed by atoms with Crippen molar-refractivity contribution in [2.24, 2.45) is 5.92 Å². The third-order valence-electron chi connectivity index (χ3n) is 5.12. The maximum atomic E-state index is 12.8. The molecule has 2 fully saturated rings. The van der Waals surface area contributed by atoms with Crippen molar-refractivity contribution < 1.29 is 4.79 Å². The lowest BCUT2D eigenvalue weighted by molar-refractivity contribution is 0.0710. The van der Waals surface area contributed by atoms with Crippen molar-refractivity contribution in [1.29, 1.82) is 0 Å². The molecule has 1 aromatic carbocycles. The molecule has 2 aliphatic rings. The van der Waals surface area contributed by atoms with Crippen LogP contribution in [0.3, 0.4) is 0 Å². The van der Waals surface area contributed by atoms with Crippen molar-refractivity contribution in [2.45, 2.75) is 31.7 Å². The molecule has 132 valence electrons. The van der Waals surface area contributed by atoms with E-state index < -0.39 is 0 Å². The first-order valence-corrected chi connectivity index (χ1v) is 10.3. The van der Waals surface area contributed by atoms with Crippen LogP contribution in [0.2, 0.25) is 5.02 Å². The van der Waals surface area contributed by atoms with Crippen molar-refractivity contribution in [3.63, 3.8) is 0 Å². The van der Waals surface area contributed by atoms with Crippen LogP contribution in [0.15, 0.2) is 36.4 Å². The number of hydrogen-bond donors (Lipinski definition) is 1. The summed E-state index contributed by atoms with van der Waals surface area (Å²) < 4.78 is 0. The van der Waals surface area contributed by atoms with Gasteiger partial charge in [-0.25, -0.2) is 0 Å². The van der Waals surface area contributed by atoms with Gasteiger partial charge in [-0.15, -0.1) is 11.3 Å². The first-order valence-electron chi connectivity index (χ1n) is 9.07. The number of halogens is 1. The Kier molecular flexibility index (Phi) is 5.11. The van der Waals surface area contributed by atoms with Crippen LogP contribution in [0, 0.1) is 5.92 Å². The van der Waals surface area contributed by atoms with Gasteiger partial charge in [-0.3, -0.25) is 4.79 Å². The number of carbonyl (C=O) groups is 1. The second kappa shape index (κ2) is 7.48. The smallest absolute Gasteiger partial charge is 0.263 e. The highest BCUT2D eigenvalue weighted by Crippen LogP contribution is 2.31. The van der Waals surface area contributed by atoms with Crippen LogP contribution in [-0.2, 0) is 0 Å². The second-order valence-electron chi connectivity index (χ2n) is 7.09. The average molecular weight is 375 g/mol. The van der Waals surface area contributed by atoms with Crippen LogP contribution in [0.4, 0.5) is 0 Å². The minimum atomic E-state index is 0.172. The van der Waals surface area contributed by atoms with E-state index in [9.17, 15) is 4.79 Å². The molecule has 0 unspecified atom stereocenters. The standard InChI is InChI=1S/C20H23ClN2OS/c21-16-5-3-15(4-6-16)18-7-8-19(25-18)20(24)23-11-9-17(10-12-23)22-13-14-1-2-14/h3-8,14,17,22H,1-2,9-13H2. The van der Waals surface area contributed by atoms with Gasteiger partial charge in [0.25, 0.3) is 5.91 Å². The predicted octanol–water partition coefficient (Wildman–Crippen LogP) is 4.67. The summed E-state index contributed by atoms with van der Waals surface area (Å²) in [5, 5.41) is 4.40. The normalized spacial score (nSPS) is 18.5. The van der Waals surface area contributed by atoms with E-state index in [0.717, 1.165) is 58.7 Å². The number of nitrogens with zero attached hydrogens (tertiary/aromatic N) is 1. The van der Waals surface area contributed by atoms with Crippen molar-refractivity contribution in [1.82, 2.24) is 10.2 Å². The van der Waals surface area contributed by atoms with Gasteiger partial charge in [0.15, 0.2) is 0 Å². The van der Waals surface area contributed by atoms with Gasteiger partial charge < -0.3 is 10.2 Å². The van der Waals surface area contributed by atoms with Crippen molar-refractivity contribution in [2.75, 3.05) is 19.6 Å². The first kappa shape index (κ1) is 17.1. The maximum absolute atomic E-state index is 12.8. The Bertz CT molecular complexity index is 730. The quantitative estimate of drug-likeness (QED) is 0.824. The van der Waals surface area contributed by atoms with E-state index in [1.54, 1.807) is 11.3 Å². The summed E-state index contributed by atoms with van der Waals surface area (Å²) in [5.74, 6) is 1.09. The molecule has 0 radical (unpaired) electrons. The molecule has 1 amide bonds. The summed E-state index contributed by atoms with van der Waals surface area (Å²) in [6.45, 7) is 2.87. The molecule has 25 heavy (non-hydrogen) atoms. The molecule has 5 heteroatoms. The molecule has 0 bridgehead atoms. The highest BCUT2D eigenvalue weighted by Gasteiger charge is 2.26. The fourth-order valence-electron chi connectivity index (χ4n) is 3.32. The van der Waals surface area contributed by atoms with Gasteiger partial charge >= 0.3 is 0 Å². The lowest BCUT2D eigenvalue weighted by atomic mass is 10.0. The molecule has 3 nitrogen and oxygen atoms in total. The number of carbonyl (C=O) groups excluding carboxylic acids is 1. The van der Waals surface area contributed by atoms with Gasteiger partial charge in [-0.2, -0.15) is 0 Å². The largest absolute Gasteiger partial charge is 0.338 e. The number of nitrogens with one attached hydrogen (secondary N) is 1. The van der Waals surface area contributed by atoms with Crippen molar-refractivity contribution in [3.05, 3.63) is 46.3 Å². The molecule has 1 saturated carbocycles. The molecule has 1 N–H and O–H groups in total. The molecule has 1 aromatic heterocycles. The third-order valence-corrected chi connectivity index (χ3v) is 6.49. The number of thiophene rings is 1. The summed E-state index contributed by atoms with van der Waals surface area (Å²) in [4.78, 5) is 16.7. The fraction of sp³-hybridized carbons (Fsp3) is 0.450. The number of amides is 1. The Hall–Kier alpha value is -1.36. The third kappa shape index (κ3) is 4.25. The molecule has 4 rings (SSSR count).